The molecule has 1 heteroatoms. The molecular weight excluding hydrogens is 268 g/mol. The molecule has 0 fully saturated rings. The van der Waals surface area contributed by atoms with Crippen LogP contribution in [0.3, 0.4) is 0 Å². The normalized spacial score (nSPS) is 11.9. The van der Waals surface area contributed by atoms with Crippen LogP contribution in [0.2, 0.25) is 0 Å². The SMILES string of the molecule is COc1ccc(C(Cc2ccccc2)c2ccccc2)cc1. The molecule has 0 N–H and O–H groups in total. The molecule has 22 heavy (non-hydrogen) atoms. The molecule has 0 saturated heterocycles. The van der Waals surface area contributed by atoms with Gasteiger partial charge in [0, 0.05) is 5.92 Å². The summed E-state index contributed by atoms with van der Waals surface area (Å²) >= 11 is 0. The molecule has 0 spiro atoms. The first kappa shape index (κ1) is 14.4. The maximum absolute atomic E-state index is 5.27. The van der Waals surface area contributed by atoms with Crippen LogP contribution in [0.25, 0.3) is 0 Å². The highest BCUT2D eigenvalue weighted by Gasteiger charge is 2.14. The molecule has 0 radical (unpaired) electrons. The van der Waals surface area contributed by atoms with E-state index in [0.717, 1.165) is 12.2 Å². The van der Waals surface area contributed by atoms with Crippen molar-refractivity contribution >= 4 is 0 Å². The molecule has 0 heterocycles. The molecule has 0 aliphatic heterocycles. The standard InChI is InChI=1S/C21H20O/c1-22-20-14-12-19(13-15-20)21(18-10-6-3-7-11-18)16-17-8-4-2-5-9-17/h2-15,21H,16H2,1H3. The topological polar surface area (TPSA) is 9.23 Å². The second-order valence-corrected chi connectivity index (χ2v) is 5.43. The number of benzene rings is 3. The molecule has 0 saturated carbocycles. The van der Waals surface area contributed by atoms with Gasteiger partial charge in [-0.2, -0.15) is 0 Å². The molecule has 0 aliphatic carbocycles. The van der Waals surface area contributed by atoms with E-state index in [1.54, 1.807) is 7.11 Å². The van der Waals surface area contributed by atoms with E-state index in [4.69, 9.17) is 4.74 Å². The highest BCUT2D eigenvalue weighted by atomic mass is 16.5. The van der Waals surface area contributed by atoms with Crippen molar-refractivity contribution in [3.63, 3.8) is 0 Å². The van der Waals surface area contributed by atoms with Crippen molar-refractivity contribution in [3.05, 3.63) is 102 Å². The number of hydrogen-bond acceptors (Lipinski definition) is 1. The Labute approximate surface area is 132 Å². The fraction of sp³-hybridized carbons (Fsp3) is 0.143. The fourth-order valence-corrected chi connectivity index (χ4v) is 2.80. The van der Waals surface area contributed by atoms with E-state index in [2.05, 4.69) is 72.8 Å². The van der Waals surface area contributed by atoms with Gasteiger partial charge >= 0.3 is 0 Å². The number of rotatable bonds is 5. The lowest BCUT2D eigenvalue weighted by atomic mass is 9.86. The van der Waals surface area contributed by atoms with Gasteiger partial charge in [-0.25, -0.2) is 0 Å². The van der Waals surface area contributed by atoms with E-state index in [1.807, 2.05) is 12.1 Å². The van der Waals surface area contributed by atoms with Crippen LogP contribution in [0.15, 0.2) is 84.9 Å². The quantitative estimate of drug-likeness (QED) is 0.637. The van der Waals surface area contributed by atoms with Gasteiger partial charge in [0.05, 0.1) is 7.11 Å². The number of ether oxygens (including phenoxy) is 1. The van der Waals surface area contributed by atoms with Gasteiger partial charge in [0.1, 0.15) is 5.75 Å². The van der Waals surface area contributed by atoms with Crippen molar-refractivity contribution in [2.24, 2.45) is 0 Å². The summed E-state index contributed by atoms with van der Waals surface area (Å²) in [7, 11) is 1.70. The summed E-state index contributed by atoms with van der Waals surface area (Å²) < 4.78 is 5.27. The molecular formula is C21H20O. The van der Waals surface area contributed by atoms with Crippen LogP contribution in [0.5, 0.6) is 5.75 Å². The van der Waals surface area contributed by atoms with Gasteiger partial charge in [-0.05, 0) is 35.2 Å². The largest absolute Gasteiger partial charge is 0.497 e. The predicted octanol–water partition coefficient (Wildman–Crippen LogP) is 5.07. The summed E-state index contributed by atoms with van der Waals surface area (Å²) in [5, 5.41) is 0. The van der Waals surface area contributed by atoms with Crippen LogP contribution in [-0.2, 0) is 6.42 Å². The van der Waals surface area contributed by atoms with Gasteiger partial charge in [0.2, 0.25) is 0 Å². The summed E-state index contributed by atoms with van der Waals surface area (Å²) in [4.78, 5) is 0. The minimum Gasteiger partial charge on any atom is -0.497 e. The summed E-state index contributed by atoms with van der Waals surface area (Å²) in [6.45, 7) is 0. The van der Waals surface area contributed by atoms with Crippen molar-refractivity contribution in [2.75, 3.05) is 7.11 Å². The third-order valence-electron chi connectivity index (χ3n) is 4.00. The first-order valence-electron chi connectivity index (χ1n) is 7.59. The highest BCUT2D eigenvalue weighted by Crippen LogP contribution is 2.29. The van der Waals surface area contributed by atoms with Crippen molar-refractivity contribution in [3.8, 4) is 5.75 Å². The molecule has 0 bridgehead atoms. The number of hydrogen-bond donors (Lipinski definition) is 0. The second kappa shape index (κ2) is 6.95. The summed E-state index contributed by atoms with van der Waals surface area (Å²) in [5.74, 6) is 1.25. The third kappa shape index (κ3) is 3.37. The minimum atomic E-state index is 0.356. The van der Waals surface area contributed by atoms with E-state index >= 15 is 0 Å². The van der Waals surface area contributed by atoms with Crippen LogP contribution in [0.4, 0.5) is 0 Å². The van der Waals surface area contributed by atoms with Gasteiger partial charge in [-0.15, -0.1) is 0 Å². The Balaban J connectivity index is 1.95. The molecule has 1 nitrogen and oxygen atoms in total. The van der Waals surface area contributed by atoms with Crippen molar-refractivity contribution in [1.82, 2.24) is 0 Å². The van der Waals surface area contributed by atoms with Gasteiger partial charge < -0.3 is 4.74 Å². The van der Waals surface area contributed by atoms with Crippen LogP contribution in [0.1, 0.15) is 22.6 Å². The lowest BCUT2D eigenvalue weighted by molar-refractivity contribution is 0.414. The summed E-state index contributed by atoms with van der Waals surface area (Å²) in [6.07, 6.45) is 0.997. The second-order valence-electron chi connectivity index (χ2n) is 5.43. The molecule has 0 aromatic heterocycles. The first-order chi connectivity index (χ1) is 10.9. The van der Waals surface area contributed by atoms with Crippen LogP contribution in [0, 0.1) is 0 Å². The van der Waals surface area contributed by atoms with Crippen molar-refractivity contribution in [1.29, 1.82) is 0 Å². The van der Waals surface area contributed by atoms with Gasteiger partial charge in [-0.1, -0.05) is 72.8 Å². The molecule has 1 unspecified atom stereocenters. The van der Waals surface area contributed by atoms with E-state index < -0.39 is 0 Å². The third-order valence-corrected chi connectivity index (χ3v) is 4.00. The zero-order valence-electron chi connectivity index (χ0n) is 12.8. The first-order valence-corrected chi connectivity index (χ1v) is 7.59. The fourth-order valence-electron chi connectivity index (χ4n) is 2.80. The molecule has 0 aliphatic rings. The van der Waals surface area contributed by atoms with Gasteiger partial charge in [0.15, 0.2) is 0 Å². The van der Waals surface area contributed by atoms with Gasteiger partial charge in [-0.3, -0.25) is 0 Å². The van der Waals surface area contributed by atoms with Gasteiger partial charge in [0.25, 0.3) is 0 Å². The summed E-state index contributed by atoms with van der Waals surface area (Å²) in [6, 6.07) is 29.8. The lowest BCUT2D eigenvalue weighted by Gasteiger charge is -2.18. The Morgan fingerprint density at radius 2 is 1.23 bits per heavy atom. The van der Waals surface area contributed by atoms with Crippen LogP contribution < -0.4 is 4.74 Å². The Bertz CT molecular complexity index is 687. The maximum Gasteiger partial charge on any atom is 0.118 e. The van der Waals surface area contributed by atoms with E-state index in [0.29, 0.717) is 5.92 Å². The predicted molar refractivity (Wildman–Crippen MR) is 91.4 cm³/mol. The highest BCUT2D eigenvalue weighted by molar-refractivity contribution is 5.37. The Hall–Kier alpha value is -2.54. The van der Waals surface area contributed by atoms with E-state index in [9.17, 15) is 0 Å². The minimum absolute atomic E-state index is 0.356. The van der Waals surface area contributed by atoms with Crippen molar-refractivity contribution < 1.29 is 4.74 Å². The average molecular weight is 288 g/mol. The number of methoxy groups -OCH3 is 1. The molecule has 3 rings (SSSR count). The Morgan fingerprint density at radius 3 is 1.82 bits per heavy atom. The van der Waals surface area contributed by atoms with E-state index in [-0.39, 0.29) is 0 Å². The zero-order valence-corrected chi connectivity index (χ0v) is 12.8. The molecule has 3 aromatic carbocycles. The summed E-state index contributed by atoms with van der Waals surface area (Å²) in [5.41, 5.74) is 4.01. The lowest BCUT2D eigenvalue weighted by Crippen LogP contribution is -2.05. The maximum atomic E-state index is 5.27. The molecule has 3 aromatic rings. The molecule has 110 valence electrons. The van der Waals surface area contributed by atoms with E-state index in [1.165, 1.54) is 16.7 Å². The van der Waals surface area contributed by atoms with Crippen LogP contribution >= 0.6 is 0 Å². The average Bonchev–Trinajstić information content (AvgIpc) is 2.61. The molecule has 0 amide bonds. The Morgan fingerprint density at radius 1 is 0.682 bits per heavy atom. The van der Waals surface area contributed by atoms with Crippen molar-refractivity contribution in [2.45, 2.75) is 12.3 Å². The van der Waals surface area contributed by atoms with Crippen LogP contribution in [-0.4, -0.2) is 7.11 Å². The molecule has 1 atom stereocenters. The monoisotopic (exact) mass is 288 g/mol. The zero-order chi connectivity index (χ0) is 15.2. The Kier molecular flexibility index (Phi) is 4.55. The smallest absolute Gasteiger partial charge is 0.118 e.